The first-order chi connectivity index (χ1) is 8.76. The van der Waals surface area contributed by atoms with Gasteiger partial charge in [-0.2, -0.15) is 0 Å². The molecular formula is C13H24N2O3. The zero-order valence-electron chi connectivity index (χ0n) is 11.1. The van der Waals surface area contributed by atoms with Crippen LogP contribution in [-0.4, -0.2) is 56.4 Å². The highest BCUT2D eigenvalue weighted by atomic mass is 16.6. The maximum absolute atomic E-state index is 11.5. The normalized spacial score (nSPS) is 34.2. The number of esters is 1. The first kappa shape index (κ1) is 13.8. The SMILES string of the molecule is COC(=O)C1CN(C2CCCCC2CN)CCO1. The van der Waals surface area contributed by atoms with Gasteiger partial charge in [-0.15, -0.1) is 0 Å². The Morgan fingerprint density at radius 2 is 2.22 bits per heavy atom. The van der Waals surface area contributed by atoms with Crippen molar-refractivity contribution in [1.29, 1.82) is 0 Å². The van der Waals surface area contributed by atoms with E-state index in [0.29, 0.717) is 25.1 Å². The van der Waals surface area contributed by atoms with E-state index in [1.807, 2.05) is 0 Å². The summed E-state index contributed by atoms with van der Waals surface area (Å²) in [5.74, 6) is 0.301. The molecule has 0 aromatic rings. The molecule has 1 heterocycles. The van der Waals surface area contributed by atoms with Gasteiger partial charge in [-0.1, -0.05) is 12.8 Å². The van der Waals surface area contributed by atoms with Crippen LogP contribution in [0.3, 0.4) is 0 Å². The molecule has 18 heavy (non-hydrogen) atoms. The van der Waals surface area contributed by atoms with Crippen molar-refractivity contribution in [2.24, 2.45) is 11.7 Å². The lowest BCUT2D eigenvalue weighted by Gasteiger charge is -2.42. The van der Waals surface area contributed by atoms with Crippen molar-refractivity contribution in [3.63, 3.8) is 0 Å². The average molecular weight is 256 g/mol. The van der Waals surface area contributed by atoms with E-state index in [0.717, 1.165) is 13.1 Å². The highest BCUT2D eigenvalue weighted by Gasteiger charge is 2.35. The van der Waals surface area contributed by atoms with Crippen molar-refractivity contribution in [3.8, 4) is 0 Å². The number of methoxy groups -OCH3 is 1. The topological polar surface area (TPSA) is 64.8 Å². The summed E-state index contributed by atoms with van der Waals surface area (Å²) in [4.78, 5) is 13.9. The molecule has 2 rings (SSSR count). The fraction of sp³-hybridized carbons (Fsp3) is 0.923. The van der Waals surface area contributed by atoms with E-state index in [4.69, 9.17) is 15.2 Å². The van der Waals surface area contributed by atoms with E-state index >= 15 is 0 Å². The minimum absolute atomic E-state index is 0.264. The molecule has 1 aliphatic heterocycles. The fourth-order valence-corrected chi connectivity index (χ4v) is 3.19. The van der Waals surface area contributed by atoms with Crippen LogP contribution in [0.2, 0.25) is 0 Å². The van der Waals surface area contributed by atoms with Gasteiger partial charge in [0.15, 0.2) is 6.10 Å². The molecule has 0 amide bonds. The molecule has 1 saturated carbocycles. The fourth-order valence-electron chi connectivity index (χ4n) is 3.19. The van der Waals surface area contributed by atoms with Gasteiger partial charge in [-0.25, -0.2) is 4.79 Å². The first-order valence-electron chi connectivity index (χ1n) is 6.89. The molecule has 0 bridgehead atoms. The molecule has 5 nitrogen and oxygen atoms in total. The summed E-state index contributed by atoms with van der Waals surface area (Å²) >= 11 is 0. The molecule has 1 aliphatic carbocycles. The maximum atomic E-state index is 11.5. The summed E-state index contributed by atoms with van der Waals surface area (Å²) in [6, 6.07) is 0.514. The average Bonchev–Trinajstić information content (AvgIpc) is 2.46. The molecule has 0 aromatic heterocycles. The number of carbonyl (C=O) groups is 1. The second-order valence-corrected chi connectivity index (χ2v) is 5.23. The van der Waals surface area contributed by atoms with Crippen molar-refractivity contribution in [3.05, 3.63) is 0 Å². The van der Waals surface area contributed by atoms with Crippen molar-refractivity contribution >= 4 is 5.97 Å². The molecule has 2 aliphatic rings. The third kappa shape index (κ3) is 3.02. The number of rotatable bonds is 3. The van der Waals surface area contributed by atoms with Gasteiger partial charge in [0.25, 0.3) is 0 Å². The molecule has 3 unspecified atom stereocenters. The summed E-state index contributed by atoms with van der Waals surface area (Å²) in [6.07, 6.45) is 4.52. The Morgan fingerprint density at radius 3 is 2.94 bits per heavy atom. The standard InChI is InChI=1S/C13H24N2O3/c1-17-13(16)12-9-15(6-7-18-12)11-5-3-2-4-10(11)8-14/h10-12H,2-9,14H2,1H3. The number of hydrogen-bond donors (Lipinski definition) is 1. The summed E-state index contributed by atoms with van der Waals surface area (Å²) < 4.78 is 10.2. The van der Waals surface area contributed by atoms with Crippen LogP contribution in [0, 0.1) is 5.92 Å². The highest BCUT2D eigenvalue weighted by molar-refractivity contribution is 5.74. The van der Waals surface area contributed by atoms with Crippen LogP contribution in [0.15, 0.2) is 0 Å². The molecule has 1 saturated heterocycles. The number of carbonyl (C=O) groups excluding carboxylic acids is 1. The van der Waals surface area contributed by atoms with Crippen LogP contribution in [0.5, 0.6) is 0 Å². The van der Waals surface area contributed by atoms with Crippen LogP contribution >= 0.6 is 0 Å². The van der Waals surface area contributed by atoms with Crippen molar-refractivity contribution in [1.82, 2.24) is 4.90 Å². The summed E-state index contributed by atoms with van der Waals surface area (Å²) in [6.45, 7) is 2.89. The zero-order valence-corrected chi connectivity index (χ0v) is 11.1. The van der Waals surface area contributed by atoms with Gasteiger partial charge in [0.05, 0.1) is 13.7 Å². The molecule has 2 fully saturated rings. The third-order valence-electron chi connectivity index (χ3n) is 4.20. The molecule has 104 valence electrons. The maximum Gasteiger partial charge on any atom is 0.336 e. The van der Waals surface area contributed by atoms with Crippen LogP contribution in [0.1, 0.15) is 25.7 Å². The minimum Gasteiger partial charge on any atom is -0.467 e. The number of morpholine rings is 1. The van der Waals surface area contributed by atoms with Crippen LogP contribution in [0.4, 0.5) is 0 Å². The molecular weight excluding hydrogens is 232 g/mol. The van der Waals surface area contributed by atoms with Gasteiger partial charge in [-0.05, 0) is 25.3 Å². The van der Waals surface area contributed by atoms with Gasteiger partial charge in [0, 0.05) is 19.1 Å². The Labute approximate surface area is 109 Å². The highest BCUT2D eigenvalue weighted by Crippen LogP contribution is 2.29. The Balaban J connectivity index is 1.96. The monoisotopic (exact) mass is 256 g/mol. The molecule has 5 heteroatoms. The Hall–Kier alpha value is -0.650. The molecule has 0 aromatic carbocycles. The van der Waals surface area contributed by atoms with Gasteiger partial charge in [0.2, 0.25) is 0 Å². The Morgan fingerprint density at radius 1 is 1.44 bits per heavy atom. The minimum atomic E-state index is -0.427. The Bertz CT molecular complexity index is 285. The lowest BCUT2D eigenvalue weighted by Crippen LogP contribution is -2.54. The van der Waals surface area contributed by atoms with Crippen molar-refractivity contribution in [2.75, 3.05) is 33.4 Å². The smallest absolute Gasteiger partial charge is 0.336 e. The number of hydrogen-bond acceptors (Lipinski definition) is 5. The summed E-state index contributed by atoms with van der Waals surface area (Å²) in [7, 11) is 1.41. The Kier molecular flexibility index (Phi) is 4.97. The van der Waals surface area contributed by atoms with E-state index in [1.165, 1.54) is 32.8 Å². The lowest BCUT2D eigenvalue weighted by molar-refractivity contribution is -0.161. The van der Waals surface area contributed by atoms with Gasteiger partial charge < -0.3 is 15.2 Å². The predicted molar refractivity (Wildman–Crippen MR) is 68.1 cm³/mol. The lowest BCUT2D eigenvalue weighted by atomic mass is 9.83. The summed E-state index contributed by atoms with van der Waals surface area (Å²) in [5.41, 5.74) is 5.87. The van der Waals surface area contributed by atoms with E-state index in [9.17, 15) is 4.79 Å². The predicted octanol–water partition coefficient (Wildman–Crippen LogP) is 0.378. The van der Waals surface area contributed by atoms with Crippen molar-refractivity contribution < 1.29 is 14.3 Å². The second-order valence-electron chi connectivity index (χ2n) is 5.23. The quantitative estimate of drug-likeness (QED) is 0.739. The van der Waals surface area contributed by atoms with Gasteiger partial charge in [0.1, 0.15) is 0 Å². The molecule has 0 radical (unpaired) electrons. The van der Waals surface area contributed by atoms with E-state index < -0.39 is 6.10 Å². The van der Waals surface area contributed by atoms with E-state index in [1.54, 1.807) is 0 Å². The van der Waals surface area contributed by atoms with Crippen molar-refractivity contribution in [2.45, 2.75) is 37.8 Å². The zero-order chi connectivity index (χ0) is 13.0. The first-order valence-corrected chi connectivity index (χ1v) is 6.89. The largest absolute Gasteiger partial charge is 0.467 e. The van der Waals surface area contributed by atoms with E-state index in [2.05, 4.69) is 4.90 Å². The molecule has 2 N–H and O–H groups in total. The van der Waals surface area contributed by atoms with Gasteiger partial charge in [-0.3, -0.25) is 4.90 Å². The third-order valence-corrected chi connectivity index (χ3v) is 4.20. The van der Waals surface area contributed by atoms with Crippen LogP contribution < -0.4 is 5.73 Å². The molecule has 0 spiro atoms. The number of nitrogens with zero attached hydrogens (tertiary/aromatic N) is 1. The van der Waals surface area contributed by atoms with E-state index in [-0.39, 0.29) is 5.97 Å². The van der Waals surface area contributed by atoms with Gasteiger partial charge >= 0.3 is 5.97 Å². The van der Waals surface area contributed by atoms with Crippen LogP contribution in [-0.2, 0) is 14.3 Å². The van der Waals surface area contributed by atoms with Crippen LogP contribution in [0.25, 0.3) is 0 Å². The second kappa shape index (κ2) is 6.50. The number of nitrogens with two attached hydrogens (primary N) is 1. The summed E-state index contributed by atoms with van der Waals surface area (Å²) in [5, 5.41) is 0. The number of ether oxygens (including phenoxy) is 2. The molecule has 3 atom stereocenters.